The van der Waals surface area contributed by atoms with Crippen LogP contribution in [0.3, 0.4) is 0 Å². The molecule has 0 saturated carbocycles. The van der Waals surface area contributed by atoms with Crippen molar-refractivity contribution in [3.8, 4) is 0 Å². The minimum absolute atomic E-state index is 0.133. The number of hydrogen-bond acceptors (Lipinski definition) is 2. The van der Waals surface area contributed by atoms with Gasteiger partial charge in [-0.2, -0.15) is 0 Å². The van der Waals surface area contributed by atoms with E-state index in [1.54, 1.807) is 0 Å². The zero-order chi connectivity index (χ0) is 16.1. The van der Waals surface area contributed by atoms with Crippen LogP contribution >= 0.6 is 0 Å². The average Bonchev–Trinajstić information content (AvgIpc) is 2.58. The number of ether oxygens (including phenoxy) is 1. The Balaban J connectivity index is 1.42. The van der Waals surface area contributed by atoms with Gasteiger partial charge in [-0.25, -0.2) is 4.39 Å². The molecule has 1 aromatic carbocycles. The lowest BCUT2D eigenvalue weighted by Crippen LogP contribution is -2.40. The van der Waals surface area contributed by atoms with Crippen molar-refractivity contribution in [2.75, 3.05) is 19.7 Å². The standard InChI is InChI=1S/C19H26FNO2/c20-17-6-4-15(5-7-17)13-16-8-10-21(11-9-16)19(22)14-18-3-1-2-12-23-18/h4-7,16,18H,1-3,8-14H2. The Labute approximate surface area is 137 Å². The summed E-state index contributed by atoms with van der Waals surface area (Å²) in [4.78, 5) is 14.4. The predicted octanol–water partition coefficient (Wildman–Crippen LogP) is 3.57. The molecule has 2 aliphatic rings. The molecule has 126 valence electrons. The Morgan fingerprint density at radius 1 is 1.13 bits per heavy atom. The summed E-state index contributed by atoms with van der Waals surface area (Å²) in [5.74, 6) is 0.659. The highest BCUT2D eigenvalue weighted by Crippen LogP contribution is 2.23. The van der Waals surface area contributed by atoms with Crippen LogP contribution in [0, 0.1) is 11.7 Å². The average molecular weight is 319 g/mol. The van der Waals surface area contributed by atoms with E-state index in [0.29, 0.717) is 12.3 Å². The van der Waals surface area contributed by atoms with Crippen LogP contribution in [-0.4, -0.2) is 36.6 Å². The van der Waals surface area contributed by atoms with E-state index < -0.39 is 0 Å². The van der Waals surface area contributed by atoms with Crippen LogP contribution in [0.4, 0.5) is 4.39 Å². The molecule has 2 saturated heterocycles. The van der Waals surface area contributed by atoms with Crippen molar-refractivity contribution >= 4 is 5.91 Å². The van der Waals surface area contributed by atoms with E-state index in [0.717, 1.165) is 51.8 Å². The van der Waals surface area contributed by atoms with Crippen LogP contribution in [0.2, 0.25) is 0 Å². The molecule has 4 heteroatoms. The molecule has 23 heavy (non-hydrogen) atoms. The van der Waals surface area contributed by atoms with Crippen molar-refractivity contribution < 1.29 is 13.9 Å². The Morgan fingerprint density at radius 3 is 2.52 bits per heavy atom. The molecule has 0 aliphatic carbocycles. The molecule has 0 aromatic heterocycles. The minimum Gasteiger partial charge on any atom is -0.378 e. The lowest BCUT2D eigenvalue weighted by Gasteiger charge is -2.33. The van der Waals surface area contributed by atoms with E-state index in [1.165, 1.54) is 24.1 Å². The van der Waals surface area contributed by atoms with E-state index in [-0.39, 0.29) is 17.8 Å². The van der Waals surface area contributed by atoms with Gasteiger partial charge in [0.05, 0.1) is 12.5 Å². The van der Waals surface area contributed by atoms with Crippen molar-refractivity contribution in [1.82, 2.24) is 4.90 Å². The first-order valence-electron chi connectivity index (χ1n) is 8.84. The number of benzene rings is 1. The van der Waals surface area contributed by atoms with Gasteiger partial charge in [0.15, 0.2) is 0 Å². The molecular weight excluding hydrogens is 293 g/mol. The molecule has 1 atom stereocenters. The second-order valence-corrected chi connectivity index (χ2v) is 6.85. The third kappa shape index (κ3) is 4.77. The van der Waals surface area contributed by atoms with Crippen molar-refractivity contribution in [1.29, 1.82) is 0 Å². The Kier molecular flexibility index (Phi) is 5.65. The number of carbonyl (C=O) groups excluding carboxylic acids is 1. The van der Waals surface area contributed by atoms with Gasteiger partial charge in [0, 0.05) is 19.7 Å². The topological polar surface area (TPSA) is 29.5 Å². The number of halogens is 1. The van der Waals surface area contributed by atoms with Gasteiger partial charge in [-0.15, -0.1) is 0 Å². The maximum Gasteiger partial charge on any atom is 0.225 e. The number of rotatable bonds is 4. The third-order valence-corrected chi connectivity index (χ3v) is 5.08. The highest BCUT2D eigenvalue weighted by atomic mass is 19.1. The maximum absolute atomic E-state index is 12.9. The van der Waals surface area contributed by atoms with E-state index >= 15 is 0 Å². The molecule has 0 bridgehead atoms. The van der Waals surface area contributed by atoms with Crippen LogP contribution in [-0.2, 0) is 16.0 Å². The van der Waals surface area contributed by atoms with E-state index in [1.807, 2.05) is 17.0 Å². The van der Waals surface area contributed by atoms with Gasteiger partial charge in [-0.3, -0.25) is 4.79 Å². The number of hydrogen-bond donors (Lipinski definition) is 0. The van der Waals surface area contributed by atoms with Gasteiger partial charge in [-0.1, -0.05) is 12.1 Å². The number of likely N-dealkylation sites (tertiary alicyclic amines) is 1. The minimum atomic E-state index is -0.181. The summed E-state index contributed by atoms with van der Waals surface area (Å²) >= 11 is 0. The normalized spacial score (nSPS) is 23.0. The number of amides is 1. The van der Waals surface area contributed by atoms with Gasteiger partial charge in [0.2, 0.25) is 5.91 Å². The third-order valence-electron chi connectivity index (χ3n) is 5.08. The fourth-order valence-electron chi connectivity index (χ4n) is 3.63. The van der Waals surface area contributed by atoms with E-state index in [2.05, 4.69) is 0 Å². The fraction of sp³-hybridized carbons (Fsp3) is 0.632. The summed E-state index contributed by atoms with van der Waals surface area (Å²) in [6.07, 6.45) is 7.05. The second-order valence-electron chi connectivity index (χ2n) is 6.85. The van der Waals surface area contributed by atoms with Crippen LogP contribution in [0.25, 0.3) is 0 Å². The summed E-state index contributed by atoms with van der Waals surface area (Å²) in [5.41, 5.74) is 1.19. The van der Waals surface area contributed by atoms with E-state index in [4.69, 9.17) is 4.74 Å². The quantitative estimate of drug-likeness (QED) is 0.849. The molecule has 1 unspecified atom stereocenters. The largest absolute Gasteiger partial charge is 0.378 e. The van der Waals surface area contributed by atoms with Crippen LogP contribution in [0.5, 0.6) is 0 Å². The molecule has 2 aliphatic heterocycles. The molecule has 1 aromatic rings. The van der Waals surface area contributed by atoms with E-state index in [9.17, 15) is 9.18 Å². The summed E-state index contributed by atoms with van der Waals surface area (Å²) < 4.78 is 18.6. The maximum atomic E-state index is 12.9. The van der Waals surface area contributed by atoms with Crippen LogP contribution in [0.15, 0.2) is 24.3 Å². The monoisotopic (exact) mass is 319 g/mol. The molecule has 0 N–H and O–H groups in total. The van der Waals surface area contributed by atoms with Crippen molar-refractivity contribution in [3.05, 3.63) is 35.6 Å². The Bertz CT molecular complexity index is 503. The zero-order valence-electron chi connectivity index (χ0n) is 13.7. The lowest BCUT2D eigenvalue weighted by molar-refractivity contribution is -0.136. The van der Waals surface area contributed by atoms with Crippen LogP contribution < -0.4 is 0 Å². The van der Waals surface area contributed by atoms with Crippen molar-refractivity contribution in [2.24, 2.45) is 5.92 Å². The van der Waals surface area contributed by atoms with Crippen LogP contribution in [0.1, 0.15) is 44.1 Å². The zero-order valence-corrected chi connectivity index (χ0v) is 13.7. The number of nitrogens with zero attached hydrogens (tertiary/aromatic N) is 1. The second kappa shape index (κ2) is 7.91. The number of piperidine rings is 1. The first kappa shape index (κ1) is 16.4. The molecular formula is C19H26FNO2. The smallest absolute Gasteiger partial charge is 0.225 e. The summed E-state index contributed by atoms with van der Waals surface area (Å²) in [6, 6.07) is 6.79. The van der Waals surface area contributed by atoms with Gasteiger partial charge in [0.25, 0.3) is 0 Å². The molecule has 0 spiro atoms. The first-order valence-corrected chi connectivity index (χ1v) is 8.84. The molecule has 2 fully saturated rings. The van der Waals surface area contributed by atoms with Crippen molar-refractivity contribution in [3.63, 3.8) is 0 Å². The molecule has 1 amide bonds. The summed E-state index contributed by atoms with van der Waals surface area (Å²) in [6.45, 7) is 2.49. The molecule has 2 heterocycles. The van der Waals surface area contributed by atoms with Gasteiger partial charge < -0.3 is 9.64 Å². The fourth-order valence-corrected chi connectivity index (χ4v) is 3.63. The summed E-state index contributed by atoms with van der Waals surface area (Å²) in [7, 11) is 0. The van der Waals surface area contributed by atoms with Gasteiger partial charge in [-0.05, 0) is 62.1 Å². The predicted molar refractivity (Wildman–Crippen MR) is 87.6 cm³/mol. The molecule has 3 rings (SSSR count). The Hall–Kier alpha value is -1.42. The summed E-state index contributed by atoms with van der Waals surface area (Å²) in [5, 5.41) is 0. The Morgan fingerprint density at radius 2 is 1.87 bits per heavy atom. The first-order chi connectivity index (χ1) is 11.2. The highest BCUT2D eigenvalue weighted by molar-refractivity contribution is 5.76. The van der Waals surface area contributed by atoms with Gasteiger partial charge >= 0.3 is 0 Å². The molecule has 3 nitrogen and oxygen atoms in total. The number of carbonyl (C=O) groups is 1. The van der Waals surface area contributed by atoms with Crippen molar-refractivity contribution in [2.45, 2.75) is 51.0 Å². The lowest BCUT2D eigenvalue weighted by atomic mass is 9.90. The SMILES string of the molecule is O=C(CC1CCCCO1)N1CCC(Cc2ccc(F)cc2)CC1. The highest BCUT2D eigenvalue weighted by Gasteiger charge is 2.25. The molecule has 0 radical (unpaired) electrons. The van der Waals surface area contributed by atoms with Gasteiger partial charge in [0.1, 0.15) is 5.82 Å².